The molecule has 0 saturated carbocycles. The number of imidazole rings is 1. The number of H-pyrrole nitrogens is 1. The van der Waals surface area contributed by atoms with Crippen LogP contribution < -0.4 is 0 Å². The van der Waals surface area contributed by atoms with Crippen LogP contribution in [0.4, 0.5) is 0 Å². The maximum absolute atomic E-state index is 5.42. The second kappa shape index (κ2) is 3.24. The van der Waals surface area contributed by atoms with Crippen molar-refractivity contribution in [3.8, 4) is 11.6 Å². The number of nitrogens with one attached hydrogen (secondary N) is 1. The number of benzene rings is 1. The van der Waals surface area contributed by atoms with Gasteiger partial charge < -0.3 is 9.40 Å². The average molecular weight is 263 g/mol. The molecule has 0 bridgehead atoms. The molecule has 0 aliphatic heterocycles. The van der Waals surface area contributed by atoms with Crippen molar-refractivity contribution in [3.05, 3.63) is 41.1 Å². The van der Waals surface area contributed by atoms with Crippen LogP contribution >= 0.6 is 15.9 Å². The van der Waals surface area contributed by atoms with E-state index in [0.717, 1.165) is 22.6 Å². The third-order valence-electron chi connectivity index (χ3n) is 2.20. The number of para-hydroxylation sites is 2. The van der Waals surface area contributed by atoms with Gasteiger partial charge in [-0.05, 0) is 40.2 Å². The number of nitrogens with zero attached hydrogens (tertiary/aromatic N) is 1. The lowest BCUT2D eigenvalue weighted by Gasteiger charge is -1.86. The van der Waals surface area contributed by atoms with Crippen LogP contribution in [0.25, 0.3) is 22.6 Å². The van der Waals surface area contributed by atoms with Gasteiger partial charge >= 0.3 is 0 Å². The first-order valence-corrected chi connectivity index (χ1v) is 5.33. The lowest BCUT2D eigenvalue weighted by Crippen LogP contribution is -1.74. The number of hydrogen-bond acceptors (Lipinski definition) is 2. The van der Waals surface area contributed by atoms with Gasteiger partial charge in [-0.3, -0.25) is 0 Å². The highest BCUT2D eigenvalue weighted by atomic mass is 79.9. The van der Waals surface area contributed by atoms with Gasteiger partial charge in [0, 0.05) is 0 Å². The Labute approximate surface area is 94.3 Å². The molecule has 4 heteroatoms. The van der Waals surface area contributed by atoms with E-state index < -0.39 is 0 Å². The molecule has 0 amide bonds. The molecular weight excluding hydrogens is 256 g/mol. The fourth-order valence-electron chi connectivity index (χ4n) is 1.51. The summed E-state index contributed by atoms with van der Waals surface area (Å²) in [6.07, 6.45) is 0. The maximum Gasteiger partial charge on any atom is 0.174 e. The summed E-state index contributed by atoms with van der Waals surface area (Å²) in [7, 11) is 0. The van der Waals surface area contributed by atoms with Crippen LogP contribution in [0.15, 0.2) is 45.5 Å². The largest absolute Gasteiger partial charge is 0.446 e. The molecule has 0 unspecified atom stereocenters. The number of rotatable bonds is 1. The molecule has 0 atom stereocenters. The first kappa shape index (κ1) is 8.73. The van der Waals surface area contributed by atoms with E-state index in [1.807, 2.05) is 36.4 Å². The molecule has 3 nitrogen and oxygen atoms in total. The second-order valence-electron chi connectivity index (χ2n) is 3.21. The molecule has 0 saturated heterocycles. The van der Waals surface area contributed by atoms with Crippen LogP contribution in [0, 0.1) is 0 Å². The third-order valence-corrected chi connectivity index (χ3v) is 2.62. The number of aromatic amines is 1. The van der Waals surface area contributed by atoms with Gasteiger partial charge in [0.25, 0.3) is 0 Å². The van der Waals surface area contributed by atoms with E-state index in [4.69, 9.17) is 4.42 Å². The number of aromatic nitrogens is 2. The van der Waals surface area contributed by atoms with Crippen molar-refractivity contribution in [2.75, 3.05) is 0 Å². The van der Waals surface area contributed by atoms with Crippen LogP contribution in [0.1, 0.15) is 0 Å². The Morgan fingerprint density at radius 2 is 2.00 bits per heavy atom. The van der Waals surface area contributed by atoms with Gasteiger partial charge in [0.05, 0.1) is 11.0 Å². The normalized spacial score (nSPS) is 11.0. The minimum atomic E-state index is 0.706. The summed E-state index contributed by atoms with van der Waals surface area (Å²) in [5, 5.41) is 0. The number of fused-ring (bicyclic) bond motifs is 1. The standard InChI is InChI=1S/C11H7BrN2O/c12-10-6-5-9(15-10)11-13-7-3-1-2-4-8(7)14-11/h1-6H,(H,13,14). The lowest BCUT2D eigenvalue weighted by atomic mass is 10.3. The fourth-order valence-corrected chi connectivity index (χ4v) is 1.82. The molecular formula is C11H7BrN2O. The summed E-state index contributed by atoms with van der Waals surface area (Å²) >= 11 is 3.26. The van der Waals surface area contributed by atoms with Crippen molar-refractivity contribution >= 4 is 27.0 Å². The van der Waals surface area contributed by atoms with Crippen molar-refractivity contribution in [2.45, 2.75) is 0 Å². The highest BCUT2D eigenvalue weighted by molar-refractivity contribution is 9.10. The van der Waals surface area contributed by atoms with Crippen molar-refractivity contribution < 1.29 is 4.42 Å². The second-order valence-corrected chi connectivity index (χ2v) is 3.99. The SMILES string of the molecule is Brc1ccc(-c2nc3ccccc3[nH]2)o1. The van der Waals surface area contributed by atoms with E-state index >= 15 is 0 Å². The Morgan fingerprint density at radius 3 is 2.73 bits per heavy atom. The van der Waals surface area contributed by atoms with E-state index in [-0.39, 0.29) is 0 Å². The molecule has 0 radical (unpaired) electrons. The highest BCUT2D eigenvalue weighted by Crippen LogP contribution is 2.24. The van der Waals surface area contributed by atoms with Gasteiger partial charge in [-0.25, -0.2) is 4.98 Å². The summed E-state index contributed by atoms with van der Waals surface area (Å²) in [5.41, 5.74) is 1.96. The number of furan rings is 1. The molecule has 1 N–H and O–H groups in total. The van der Waals surface area contributed by atoms with Crippen LogP contribution in [0.3, 0.4) is 0 Å². The first-order valence-electron chi connectivity index (χ1n) is 4.53. The fraction of sp³-hybridized carbons (Fsp3) is 0. The Kier molecular flexibility index (Phi) is 1.89. The maximum atomic E-state index is 5.42. The van der Waals surface area contributed by atoms with Gasteiger partial charge in [-0.1, -0.05) is 12.1 Å². The van der Waals surface area contributed by atoms with E-state index in [9.17, 15) is 0 Å². The average Bonchev–Trinajstić information content (AvgIpc) is 2.82. The summed E-state index contributed by atoms with van der Waals surface area (Å²) < 4.78 is 6.13. The molecule has 74 valence electrons. The molecule has 15 heavy (non-hydrogen) atoms. The van der Waals surface area contributed by atoms with Crippen molar-refractivity contribution in [1.82, 2.24) is 9.97 Å². The van der Waals surface area contributed by atoms with Crippen LogP contribution in [-0.4, -0.2) is 9.97 Å². The van der Waals surface area contributed by atoms with Gasteiger partial charge in [0.2, 0.25) is 0 Å². The molecule has 2 aromatic heterocycles. The summed E-state index contributed by atoms with van der Waals surface area (Å²) in [6, 6.07) is 11.6. The molecule has 0 spiro atoms. The molecule has 3 rings (SSSR count). The topological polar surface area (TPSA) is 41.8 Å². The van der Waals surface area contributed by atoms with Crippen molar-refractivity contribution in [1.29, 1.82) is 0 Å². The number of hydrogen-bond donors (Lipinski definition) is 1. The molecule has 2 heterocycles. The number of halogens is 1. The summed E-state index contributed by atoms with van der Waals surface area (Å²) in [5.74, 6) is 1.49. The summed E-state index contributed by atoms with van der Waals surface area (Å²) in [4.78, 5) is 7.63. The molecule has 0 aliphatic rings. The van der Waals surface area contributed by atoms with Gasteiger partial charge in [0.15, 0.2) is 16.3 Å². The van der Waals surface area contributed by atoms with Gasteiger partial charge in [-0.15, -0.1) is 0 Å². The predicted molar refractivity (Wildman–Crippen MR) is 61.5 cm³/mol. The highest BCUT2D eigenvalue weighted by Gasteiger charge is 2.07. The zero-order valence-corrected chi connectivity index (χ0v) is 9.28. The van der Waals surface area contributed by atoms with Crippen LogP contribution in [-0.2, 0) is 0 Å². The molecule has 3 aromatic rings. The van der Waals surface area contributed by atoms with E-state index in [1.54, 1.807) is 0 Å². The van der Waals surface area contributed by atoms with E-state index in [2.05, 4.69) is 25.9 Å². The minimum absolute atomic E-state index is 0.706. The van der Waals surface area contributed by atoms with E-state index in [0.29, 0.717) is 4.67 Å². The van der Waals surface area contributed by atoms with E-state index in [1.165, 1.54) is 0 Å². The monoisotopic (exact) mass is 262 g/mol. The zero-order valence-electron chi connectivity index (χ0n) is 7.70. The Hall–Kier alpha value is -1.55. The Balaban J connectivity index is 2.19. The molecule has 0 aliphatic carbocycles. The van der Waals surface area contributed by atoms with Gasteiger partial charge in [0.1, 0.15) is 0 Å². The third kappa shape index (κ3) is 1.47. The van der Waals surface area contributed by atoms with Crippen LogP contribution in [0.2, 0.25) is 0 Å². The quantitative estimate of drug-likeness (QED) is 0.729. The van der Waals surface area contributed by atoms with Gasteiger partial charge in [-0.2, -0.15) is 0 Å². The smallest absolute Gasteiger partial charge is 0.174 e. The zero-order chi connectivity index (χ0) is 10.3. The Morgan fingerprint density at radius 1 is 1.13 bits per heavy atom. The van der Waals surface area contributed by atoms with Crippen LogP contribution in [0.5, 0.6) is 0 Å². The Bertz CT molecular complexity index is 579. The van der Waals surface area contributed by atoms with Crippen molar-refractivity contribution in [2.24, 2.45) is 0 Å². The molecule has 1 aromatic carbocycles. The molecule has 0 fully saturated rings. The first-order chi connectivity index (χ1) is 7.33. The predicted octanol–water partition coefficient (Wildman–Crippen LogP) is 3.59. The summed E-state index contributed by atoms with van der Waals surface area (Å²) in [6.45, 7) is 0. The van der Waals surface area contributed by atoms with Crippen molar-refractivity contribution in [3.63, 3.8) is 0 Å². The minimum Gasteiger partial charge on any atom is -0.446 e. The lowest BCUT2D eigenvalue weighted by molar-refractivity contribution is 0.552.